The van der Waals surface area contributed by atoms with E-state index in [1.165, 1.54) is 0 Å². The third kappa shape index (κ3) is 5.65. The number of hydrogen-bond donors (Lipinski definition) is 2. The van der Waals surface area contributed by atoms with Gasteiger partial charge in [-0.2, -0.15) is 0 Å². The van der Waals surface area contributed by atoms with Crippen molar-refractivity contribution in [2.24, 2.45) is 0 Å². The molecule has 0 bridgehead atoms. The van der Waals surface area contributed by atoms with Crippen LogP contribution < -0.4 is 10.6 Å². The molecule has 0 saturated carbocycles. The van der Waals surface area contributed by atoms with Gasteiger partial charge in [-0.25, -0.2) is 0 Å². The lowest BCUT2D eigenvalue weighted by atomic mass is 10.3. The number of likely N-dealkylation sites (N-methyl/N-ethyl adjacent to an activating group) is 1. The molecule has 1 heterocycles. The van der Waals surface area contributed by atoms with E-state index in [2.05, 4.69) is 10.6 Å². The lowest BCUT2D eigenvalue weighted by Gasteiger charge is -2.26. The average molecular weight is 243 g/mol. The minimum absolute atomic E-state index is 0.0679. The van der Waals surface area contributed by atoms with Crippen LogP contribution in [0.2, 0.25) is 0 Å². The number of morpholine rings is 1. The van der Waals surface area contributed by atoms with Crippen LogP contribution in [-0.4, -0.2) is 62.7 Å². The minimum atomic E-state index is -0.0679. The normalized spacial score (nSPS) is 15.7. The minimum Gasteiger partial charge on any atom is -0.378 e. The third-order valence-corrected chi connectivity index (χ3v) is 2.56. The number of nitrogens with one attached hydrogen (secondary N) is 2. The SMILES string of the molecule is CCNCC(=O)NCCC(=O)N1CCOCC1. The molecule has 2 amide bonds. The van der Waals surface area contributed by atoms with Crippen LogP contribution in [0.1, 0.15) is 13.3 Å². The van der Waals surface area contributed by atoms with E-state index in [0.29, 0.717) is 45.8 Å². The number of nitrogens with zero attached hydrogens (tertiary/aromatic N) is 1. The van der Waals surface area contributed by atoms with Crippen molar-refractivity contribution in [2.75, 3.05) is 45.9 Å². The number of carbonyl (C=O) groups excluding carboxylic acids is 2. The molecule has 0 atom stereocenters. The molecule has 0 radical (unpaired) electrons. The maximum absolute atomic E-state index is 11.7. The molecule has 1 aliphatic heterocycles. The zero-order valence-electron chi connectivity index (χ0n) is 10.3. The number of rotatable bonds is 6. The van der Waals surface area contributed by atoms with Gasteiger partial charge in [0.25, 0.3) is 0 Å². The molecule has 0 aromatic carbocycles. The highest BCUT2D eigenvalue weighted by molar-refractivity contribution is 5.80. The number of ether oxygens (including phenoxy) is 1. The Morgan fingerprint density at radius 2 is 2.00 bits per heavy atom. The predicted molar refractivity (Wildman–Crippen MR) is 63.6 cm³/mol. The van der Waals surface area contributed by atoms with E-state index in [0.717, 1.165) is 6.54 Å². The topological polar surface area (TPSA) is 70.7 Å². The van der Waals surface area contributed by atoms with Crippen molar-refractivity contribution in [3.05, 3.63) is 0 Å². The third-order valence-electron chi connectivity index (χ3n) is 2.56. The van der Waals surface area contributed by atoms with Crippen LogP contribution in [0, 0.1) is 0 Å². The quantitative estimate of drug-likeness (QED) is 0.625. The molecular weight excluding hydrogens is 222 g/mol. The van der Waals surface area contributed by atoms with Gasteiger partial charge >= 0.3 is 0 Å². The van der Waals surface area contributed by atoms with Gasteiger partial charge in [-0.05, 0) is 6.54 Å². The molecule has 0 aromatic heterocycles. The number of amides is 2. The van der Waals surface area contributed by atoms with Gasteiger partial charge in [0, 0.05) is 26.1 Å². The van der Waals surface area contributed by atoms with Gasteiger partial charge in [-0.1, -0.05) is 6.92 Å². The first-order chi connectivity index (χ1) is 8.24. The molecule has 6 heteroatoms. The van der Waals surface area contributed by atoms with Crippen LogP contribution in [0.15, 0.2) is 0 Å². The highest BCUT2D eigenvalue weighted by atomic mass is 16.5. The fourth-order valence-corrected chi connectivity index (χ4v) is 1.58. The van der Waals surface area contributed by atoms with Crippen LogP contribution in [0.5, 0.6) is 0 Å². The summed E-state index contributed by atoms with van der Waals surface area (Å²) in [6, 6.07) is 0. The van der Waals surface area contributed by atoms with Crippen LogP contribution in [0.3, 0.4) is 0 Å². The molecule has 0 aliphatic carbocycles. The summed E-state index contributed by atoms with van der Waals surface area (Å²) >= 11 is 0. The zero-order valence-corrected chi connectivity index (χ0v) is 10.3. The molecule has 98 valence electrons. The number of carbonyl (C=O) groups is 2. The smallest absolute Gasteiger partial charge is 0.233 e. The molecule has 6 nitrogen and oxygen atoms in total. The molecular formula is C11H21N3O3. The van der Waals surface area contributed by atoms with E-state index in [1.54, 1.807) is 4.90 Å². The van der Waals surface area contributed by atoms with E-state index in [-0.39, 0.29) is 11.8 Å². The molecule has 2 N–H and O–H groups in total. The fraction of sp³-hybridized carbons (Fsp3) is 0.818. The van der Waals surface area contributed by atoms with E-state index >= 15 is 0 Å². The Balaban J connectivity index is 2.08. The van der Waals surface area contributed by atoms with Crippen LogP contribution >= 0.6 is 0 Å². The summed E-state index contributed by atoms with van der Waals surface area (Å²) in [7, 11) is 0. The molecule has 1 saturated heterocycles. The second-order valence-electron chi connectivity index (χ2n) is 3.87. The summed E-state index contributed by atoms with van der Waals surface area (Å²) in [6.45, 7) is 5.95. The van der Waals surface area contributed by atoms with Gasteiger partial charge in [0.15, 0.2) is 0 Å². The van der Waals surface area contributed by atoms with Crippen LogP contribution in [-0.2, 0) is 14.3 Å². The maximum atomic E-state index is 11.7. The van der Waals surface area contributed by atoms with Gasteiger partial charge in [0.2, 0.25) is 11.8 Å². The van der Waals surface area contributed by atoms with Gasteiger partial charge < -0.3 is 20.3 Å². The monoisotopic (exact) mass is 243 g/mol. The second-order valence-corrected chi connectivity index (χ2v) is 3.87. The standard InChI is InChI=1S/C11H21N3O3/c1-2-12-9-10(15)13-4-3-11(16)14-5-7-17-8-6-14/h12H,2-9H2,1H3,(H,13,15). The predicted octanol–water partition coefficient (Wildman–Crippen LogP) is -1.04. The van der Waals surface area contributed by atoms with Gasteiger partial charge in [0.1, 0.15) is 0 Å². The summed E-state index contributed by atoms with van der Waals surface area (Å²) < 4.78 is 5.16. The molecule has 1 fully saturated rings. The lowest BCUT2D eigenvalue weighted by Crippen LogP contribution is -2.42. The van der Waals surface area contributed by atoms with Gasteiger partial charge in [0.05, 0.1) is 19.8 Å². The maximum Gasteiger partial charge on any atom is 0.233 e. The lowest BCUT2D eigenvalue weighted by molar-refractivity contribution is -0.135. The van der Waals surface area contributed by atoms with Gasteiger partial charge in [-0.15, -0.1) is 0 Å². The first-order valence-corrected chi connectivity index (χ1v) is 6.07. The molecule has 0 spiro atoms. The molecule has 17 heavy (non-hydrogen) atoms. The molecule has 1 aliphatic rings. The Morgan fingerprint density at radius 1 is 1.29 bits per heavy atom. The van der Waals surface area contributed by atoms with Crippen molar-refractivity contribution in [2.45, 2.75) is 13.3 Å². The Labute approximate surface area is 102 Å². The Hall–Kier alpha value is -1.14. The Morgan fingerprint density at radius 3 is 2.65 bits per heavy atom. The Kier molecular flexibility index (Phi) is 6.57. The van der Waals surface area contributed by atoms with Crippen molar-refractivity contribution >= 4 is 11.8 Å². The molecule has 0 aromatic rings. The van der Waals surface area contributed by atoms with Crippen molar-refractivity contribution < 1.29 is 14.3 Å². The van der Waals surface area contributed by atoms with E-state index in [4.69, 9.17) is 4.74 Å². The van der Waals surface area contributed by atoms with E-state index < -0.39 is 0 Å². The van der Waals surface area contributed by atoms with E-state index in [1.807, 2.05) is 6.92 Å². The van der Waals surface area contributed by atoms with Crippen LogP contribution in [0.25, 0.3) is 0 Å². The first kappa shape index (κ1) is 13.9. The molecule has 0 unspecified atom stereocenters. The largest absolute Gasteiger partial charge is 0.378 e. The second kappa shape index (κ2) is 8.03. The first-order valence-electron chi connectivity index (χ1n) is 6.07. The van der Waals surface area contributed by atoms with Crippen molar-refractivity contribution in [1.29, 1.82) is 0 Å². The highest BCUT2D eigenvalue weighted by Crippen LogP contribution is 1.99. The van der Waals surface area contributed by atoms with Gasteiger partial charge in [-0.3, -0.25) is 9.59 Å². The summed E-state index contributed by atoms with van der Waals surface area (Å²) in [5, 5.41) is 5.63. The van der Waals surface area contributed by atoms with Crippen molar-refractivity contribution in [1.82, 2.24) is 15.5 Å². The fourth-order valence-electron chi connectivity index (χ4n) is 1.58. The zero-order chi connectivity index (χ0) is 12.5. The summed E-state index contributed by atoms with van der Waals surface area (Å²) in [4.78, 5) is 24.7. The van der Waals surface area contributed by atoms with Crippen LogP contribution in [0.4, 0.5) is 0 Å². The average Bonchev–Trinajstić information content (AvgIpc) is 2.37. The van der Waals surface area contributed by atoms with Crippen molar-refractivity contribution in [3.8, 4) is 0 Å². The summed E-state index contributed by atoms with van der Waals surface area (Å²) in [5.74, 6) is 0.0127. The summed E-state index contributed by atoms with van der Waals surface area (Å²) in [6.07, 6.45) is 0.359. The highest BCUT2D eigenvalue weighted by Gasteiger charge is 2.16. The van der Waals surface area contributed by atoms with E-state index in [9.17, 15) is 9.59 Å². The summed E-state index contributed by atoms with van der Waals surface area (Å²) in [5.41, 5.74) is 0. The van der Waals surface area contributed by atoms with Crippen molar-refractivity contribution in [3.63, 3.8) is 0 Å². The number of hydrogen-bond acceptors (Lipinski definition) is 4. The Bertz CT molecular complexity index is 252. The molecule has 1 rings (SSSR count).